The average Bonchev–Trinajstić information content (AvgIpc) is 2.76. The van der Waals surface area contributed by atoms with E-state index < -0.39 is 11.9 Å². The zero-order valence-electron chi connectivity index (χ0n) is 11.0. The van der Waals surface area contributed by atoms with Crippen molar-refractivity contribution in [3.05, 3.63) is 30.0 Å². The lowest BCUT2D eigenvalue weighted by atomic mass is 9.98. The highest BCUT2D eigenvalue weighted by molar-refractivity contribution is 5.82. The van der Waals surface area contributed by atoms with Crippen molar-refractivity contribution in [1.82, 2.24) is 9.78 Å². The van der Waals surface area contributed by atoms with Gasteiger partial charge in [0.15, 0.2) is 0 Å². The van der Waals surface area contributed by atoms with Crippen LogP contribution in [0.2, 0.25) is 0 Å². The number of hydrogen-bond donors (Lipinski definition) is 2. The summed E-state index contributed by atoms with van der Waals surface area (Å²) < 4.78 is 1.91. The third-order valence-electron chi connectivity index (χ3n) is 3.34. The number of nitrogens with two attached hydrogens (primary N) is 1. The third kappa shape index (κ3) is 2.76. The van der Waals surface area contributed by atoms with E-state index in [0.29, 0.717) is 19.4 Å². The predicted molar refractivity (Wildman–Crippen MR) is 73.9 cm³/mol. The maximum absolute atomic E-state index is 11.2. The van der Waals surface area contributed by atoms with Crippen molar-refractivity contribution in [2.45, 2.75) is 26.3 Å². The molecule has 5 nitrogen and oxygen atoms in total. The molecule has 0 radical (unpaired) electrons. The molecule has 1 unspecified atom stereocenters. The van der Waals surface area contributed by atoms with Crippen molar-refractivity contribution in [3.8, 4) is 0 Å². The van der Waals surface area contributed by atoms with Gasteiger partial charge in [-0.1, -0.05) is 18.2 Å². The first kappa shape index (κ1) is 13.5. The Hall–Kier alpha value is -1.88. The molecule has 1 aromatic heterocycles. The van der Waals surface area contributed by atoms with Crippen molar-refractivity contribution < 1.29 is 9.90 Å². The molecule has 0 aliphatic rings. The zero-order valence-corrected chi connectivity index (χ0v) is 11.0. The van der Waals surface area contributed by atoms with Gasteiger partial charge in [0, 0.05) is 18.4 Å². The van der Waals surface area contributed by atoms with Crippen molar-refractivity contribution in [2.75, 3.05) is 6.54 Å². The Bertz CT molecular complexity index is 577. The summed E-state index contributed by atoms with van der Waals surface area (Å²) >= 11 is 0. The van der Waals surface area contributed by atoms with Crippen molar-refractivity contribution in [1.29, 1.82) is 0 Å². The number of aromatic nitrogens is 2. The smallest absolute Gasteiger partial charge is 0.306 e. The first-order valence-electron chi connectivity index (χ1n) is 6.54. The molecule has 3 N–H and O–H groups in total. The summed E-state index contributed by atoms with van der Waals surface area (Å²) in [6, 6.07) is 7.92. The molecule has 0 saturated heterocycles. The van der Waals surface area contributed by atoms with Gasteiger partial charge in [0.05, 0.1) is 17.1 Å². The van der Waals surface area contributed by atoms with Gasteiger partial charge in [-0.2, -0.15) is 5.10 Å². The van der Waals surface area contributed by atoms with Gasteiger partial charge in [-0.15, -0.1) is 0 Å². The quantitative estimate of drug-likeness (QED) is 0.828. The summed E-state index contributed by atoms with van der Waals surface area (Å²) in [5.74, 6) is -1.27. The second kappa shape index (κ2) is 5.84. The molecule has 102 valence electrons. The molecule has 1 aromatic carbocycles. The molecule has 1 atom stereocenters. The summed E-state index contributed by atoms with van der Waals surface area (Å²) in [6.07, 6.45) is 0.905. The van der Waals surface area contributed by atoms with Crippen LogP contribution in [0, 0.1) is 5.92 Å². The molecular formula is C14H19N3O2. The molecule has 2 aromatic rings. The topological polar surface area (TPSA) is 81.1 Å². The number of aryl methyl sites for hydroxylation is 1. The van der Waals surface area contributed by atoms with E-state index in [-0.39, 0.29) is 0 Å². The van der Waals surface area contributed by atoms with Gasteiger partial charge in [0.1, 0.15) is 0 Å². The summed E-state index contributed by atoms with van der Waals surface area (Å²) in [5, 5.41) is 14.8. The number of hydrogen-bond acceptors (Lipinski definition) is 3. The molecule has 2 rings (SSSR count). The summed E-state index contributed by atoms with van der Waals surface area (Å²) in [6.45, 7) is 3.18. The second-order valence-corrected chi connectivity index (χ2v) is 4.60. The van der Waals surface area contributed by atoms with E-state index in [0.717, 1.165) is 23.1 Å². The molecule has 0 bridgehead atoms. The number of benzene rings is 1. The number of carbonyl (C=O) groups is 1. The average molecular weight is 261 g/mol. The summed E-state index contributed by atoms with van der Waals surface area (Å²) in [7, 11) is 0. The van der Waals surface area contributed by atoms with Crippen LogP contribution in [0.1, 0.15) is 19.0 Å². The molecule has 0 aliphatic carbocycles. The maximum atomic E-state index is 11.2. The summed E-state index contributed by atoms with van der Waals surface area (Å²) in [5.41, 5.74) is 7.37. The predicted octanol–water partition coefficient (Wildman–Crippen LogP) is 1.65. The molecule has 0 aliphatic heterocycles. The molecule has 0 amide bonds. The normalized spacial score (nSPS) is 12.7. The number of rotatable bonds is 6. The molecular weight excluding hydrogens is 242 g/mol. The van der Waals surface area contributed by atoms with Crippen LogP contribution >= 0.6 is 0 Å². The Morgan fingerprint density at radius 3 is 2.84 bits per heavy atom. The Morgan fingerprint density at radius 1 is 1.47 bits per heavy atom. The largest absolute Gasteiger partial charge is 0.481 e. The Labute approximate surface area is 112 Å². The molecule has 0 fully saturated rings. The fraction of sp³-hybridized carbons (Fsp3) is 0.429. The number of carboxylic acid groups (broad SMARTS) is 1. The Morgan fingerprint density at radius 2 is 2.21 bits per heavy atom. The van der Waals surface area contributed by atoms with E-state index in [1.54, 1.807) is 0 Å². The van der Waals surface area contributed by atoms with Gasteiger partial charge in [0.25, 0.3) is 0 Å². The second-order valence-electron chi connectivity index (χ2n) is 4.60. The highest BCUT2D eigenvalue weighted by atomic mass is 16.4. The van der Waals surface area contributed by atoms with E-state index in [4.69, 9.17) is 5.73 Å². The Balaban J connectivity index is 2.36. The maximum Gasteiger partial charge on any atom is 0.306 e. The lowest BCUT2D eigenvalue weighted by Crippen LogP contribution is -2.20. The lowest BCUT2D eigenvalue weighted by molar-refractivity contribution is -0.141. The minimum Gasteiger partial charge on any atom is -0.481 e. The van der Waals surface area contributed by atoms with Crippen LogP contribution in [0.15, 0.2) is 24.3 Å². The van der Waals surface area contributed by atoms with E-state index in [9.17, 15) is 9.90 Å². The van der Waals surface area contributed by atoms with Gasteiger partial charge < -0.3 is 10.8 Å². The van der Waals surface area contributed by atoms with Crippen LogP contribution in [0.3, 0.4) is 0 Å². The highest BCUT2D eigenvalue weighted by Crippen LogP contribution is 2.22. The SMILES string of the molecule is CCn1nc(CC(CCN)C(=O)O)c2ccccc21. The summed E-state index contributed by atoms with van der Waals surface area (Å²) in [4.78, 5) is 11.2. The monoisotopic (exact) mass is 261 g/mol. The molecule has 0 saturated carbocycles. The number of carboxylic acids is 1. The van der Waals surface area contributed by atoms with Gasteiger partial charge in [-0.25, -0.2) is 0 Å². The first-order chi connectivity index (χ1) is 9.17. The number of nitrogens with zero attached hydrogens (tertiary/aromatic N) is 2. The number of aliphatic carboxylic acids is 1. The van der Waals surface area contributed by atoms with Crippen LogP contribution in [0.5, 0.6) is 0 Å². The minimum absolute atomic E-state index is 0.378. The van der Waals surface area contributed by atoms with Crippen LogP contribution in [0.25, 0.3) is 10.9 Å². The number of fused-ring (bicyclic) bond motifs is 1. The molecule has 5 heteroatoms. The van der Waals surface area contributed by atoms with Crippen molar-refractivity contribution in [2.24, 2.45) is 11.7 Å². The highest BCUT2D eigenvalue weighted by Gasteiger charge is 2.20. The minimum atomic E-state index is -0.805. The van der Waals surface area contributed by atoms with E-state index in [2.05, 4.69) is 5.10 Å². The fourth-order valence-electron chi connectivity index (χ4n) is 2.34. The van der Waals surface area contributed by atoms with E-state index >= 15 is 0 Å². The van der Waals surface area contributed by atoms with Crippen molar-refractivity contribution in [3.63, 3.8) is 0 Å². The van der Waals surface area contributed by atoms with Crippen LogP contribution in [0.4, 0.5) is 0 Å². The van der Waals surface area contributed by atoms with Crippen LogP contribution in [-0.4, -0.2) is 27.4 Å². The van der Waals surface area contributed by atoms with Crippen LogP contribution in [-0.2, 0) is 17.8 Å². The standard InChI is InChI=1S/C14H19N3O2/c1-2-17-13-6-4-3-5-11(13)12(16-17)9-10(7-8-15)14(18)19/h3-6,10H,2,7-9,15H2,1H3,(H,18,19). The number of para-hydroxylation sites is 1. The van der Waals surface area contributed by atoms with Gasteiger partial charge >= 0.3 is 5.97 Å². The first-order valence-corrected chi connectivity index (χ1v) is 6.54. The lowest BCUT2D eigenvalue weighted by Gasteiger charge is -2.09. The van der Waals surface area contributed by atoms with E-state index in [1.165, 1.54) is 0 Å². The molecule has 1 heterocycles. The van der Waals surface area contributed by atoms with Gasteiger partial charge in [0.2, 0.25) is 0 Å². The van der Waals surface area contributed by atoms with Gasteiger partial charge in [-0.3, -0.25) is 9.48 Å². The third-order valence-corrected chi connectivity index (χ3v) is 3.34. The fourth-order valence-corrected chi connectivity index (χ4v) is 2.34. The zero-order chi connectivity index (χ0) is 13.8. The Kier molecular flexibility index (Phi) is 4.16. The molecule has 0 spiro atoms. The van der Waals surface area contributed by atoms with Crippen LogP contribution < -0.4 is 5.73 Å². The van der Waals surface area contributed by atoms with Gasteiger partial charge in [-0.05, 0) is 26.0 Å². The molecule has 19 heavy (non-hydrogen) atoms. The van der Waals surface area contributed by atoms with Crippen molar-refractivity contribution >= 4 is 16.9 Å². The van der Waals surface area contributed by atoms with E-state index in [1.807, 2.05) is 35.9 Å².